The lowest BCUT2D eigenvalue weighted by Crippen LogP contribution is -2.29. The van der Waals surface area contributed by atoms with Gasteiger partial charge in [-0.2, -0.15) is 0 Å². The lowest BCUT2D eigenvalue weighted by Gasteiger charge is -2.06. The van der Waals surface area contributed by atoms with Crippen molar-refractivity contribution < 1.29 is 19.0 Å². The standard InChI is InChI=1S/C10H20BrNO4/c1-14-7-8-16-9-10(13)12-4-2-5-15-6-3-11/h2-9H2,1H3,(H,12,13). The summed E-state index contributed by atoms with van der Waals surface area (Å²) in [6.07, 6.45) is 0.816. The van der Waals surface area contributed by atoms with Gasteiger partial charge in [0.2, 0.25) is 5.91 Å². The number of hydrogen-bond donors (Lipinski definition) is 1. The van der Waals surface area contributed by atoms with Gasteiger partial charge in [-0.25, -0.2) is 0 Å². The summed E-state index contributed by atoms with van der Waals surface area (Å²) in [6.45, 7) is 3.02. The van der Waals surface area contributed by atoms with E-state index < -0.39 is 0 Å². The molecule has 0 aromatic carbocycles. The van der Waals surface area contributed by atoms with Crippen molar-refractivity contribution in [2.24, 2.45) is 0 Å². The van der Waals surface area contributed by atoms with E-state index in [4.69, 9.17) is 14.2 Å². The molecular weight excluding hydrogens is 278 g/mol. The minimum absolute atomic E-state index is 0.0889. The SMILES string of the molecule is COCCOCC(=O)NCCCOCCBr. The molecule has 0 aromatic heterocycles. The van der Waals surface area contributed by atoms with Crippen LogP contribution >= 0.6 is 15.9 Å². The third-order valence-corrected chi connectivity index (χ3v) is 2.00. The molecule has 0 unspecified atom stereocenters. The molecule has 16 heavy (non-hydrogen) atoms. The Kier molecular flexibility index (Phi) is 12.8. The topological polar surface area (TPSA) is 56.8 Å². The quantitative estimate of drug-likeness (QED) is 0.447. The zero-order valence-corrected chi connectivity index (χ0v) is 11.3. The van der Waals surface area contributed by atoms with Gasteiger partial charge in [0.15, 0.2) is 0 Å². The Morgan fingerprint density at radius 1 is 1.19 bits per heavy atom. The molecule has 0 aliphatic heterocycles. The van der Waals surface area contributed by atoms with Gasteiger partial charge in [-0.15, -0.1) is 0 Å². The highest BCUT2D eigenvalue weighted by Crippen LogP contribution is 1.85. The van der Waals surface area contributed by atoms with Gasteiger partial charge < -0.3 is 19.5 Å². The van der Waals surface area contributed by atoms with Gasteiger partial charge in [-0.05, 0) is 6.42 Å². The molecule has 0 atom stereocenters. The Hall–Kier alpha value is -0.170. The molecule has 0 fully saturated rings. The minimum atomic E-state index is -0.100. The molecule has 0 spiro atoms. The predicted octanol–water partition coefficient (Wildman–Crippen LogP) is 0.567. The smallest absolute Gasteiger partial charge is 0.246 e. The first-order valence-corrected chi connectivity index (χ1v) is 6.40. The van der Waals surface area contributed by atoms with Gasteiger partial charge in [0.1, 0.15) is 6.61 Å². The van der Waals surface area contributed by atoms with Gasteiger partial charge in [-0.1, -0.05) is 15.9 Å². The van der Waals surface area contributed by atoms with Crippen molar-refractivity contribution in [2.75, 3.05) is 52.0 Å². The Labute approximate surface area is 105 Å². The second kappa shape index (κ2) is 12.9. The minimum Gasteiger partial charge on any atom is -0.382 e. The fourth-order valence-corrected chi connectivity index (χ4v) is 1.15. The molecular formula is C10H20BrNO4. The van der Waals surface area contributed by atoms with Crippen molar-refractivity contribution in [3.8, 4) is 0 Å². The van der Waals surface area contributed by atoms with E-state index in [1.54, 1.807) is 7.11 Å². The molecule has 0 aromatic rings. The summed E-state index contributed by atoms with van der Waals surface area (Å²) in [7, 11) is 1.59. The molecule has 1 amide bonds. The lowest BCUT2D eigenvalue weighted by atomic mass is 10.4. The third-order valence-electron chi connectivity index (χ3n) is 1.67. The number of carbonyl (C=O) groups is 1. The summed E-state index contributed by atoms with van der Waals surface area (Å²) in [5.41, 5.74) is 0. The largest absolute Gasteiger partial charge is 0.382 e. The third kappa shape index (κ3) is 11.9. The molecule has 0 saturated heterocycles. The maximum atomic E-state index is 11.2. The summed E-state index contributed by atoms with van der Waals surface area (Å²) >= 11 is 3.26. The Balaban J connectivity index is 3.11. The van der Waals surface area contributed by atoms with Crippen LogP contribution in [-0.2, 0) is 19.0 Å². The van der Waals surface area contributed by atoms with Gasteiger partial charge in [0.25, 0.3) is 0 Å². The predicted molar refractivity (Wildman–Crippen MR) is 64.9 cm³/mol. The molecule has 96 valence electrons. The highest BCUT2D eigenvalue weighted by atomic mass is 79.9. The summed E-state index contributed by atoms with van der Waals surface area (Å²) in [6, 6.07) is 0. The van der Waals surface area contributed by atoms with Crippen molar-refractivity contribution in [1.82, 2.24) is 5.32 Å². The van der Waals surface area contributed by atoms with Gasteiger partial charge >= 0.3 is 0 Å². The molecule has 0 radical (unpaired) electrons. The Bertz CT molecular complexity index is 169. The van der Waals surface area contributed by atoms with Crippen LogP contribution in [0.5, 0.6) is 0 Å². The number of alkyl halides is 1. The summed E-state index contributed by atoms with van der Waals surface area (Å²) in [5, 5.41) is 3.58. The monoisotopic (exact) mass is 297 g/mol. The van der Waals surface area contributed by atoms with Crippen molar-refractivity contribution in [3.63, 3.8) is 0 Å². The van der Waals surface area contributed by atoms with Gasteiger partial charge in [-0.3, -0.25) is 4.79 Å². The Morgan fingerprint density at radius 2 is 2.00 bits per heavy atom. The maximum Gasteiger partial charge on any atom is 0.246 e. The number of rotatable bonds is 11. The van der Waals surface area contributed by atoms with Gasteiger partial charge in [0, 0.05) is 25.6 Å². The first-order chi connectivity index (χ1) is 7.81. The highest BCUT2D eigenvalue weighted by molar-refractivity contribution is 9.09. The van der Waals surface area contributed by atoms with Crippen LogP contribution < -0.4 is 5.32 Å². The van der Waals surface area contributed by atoms with Crippen LogP contribution in [0.4, 0.5) is 0 Å². The van der Waals surface area contributed by atoms with E-state index in [0.717, 1.165) is 11.8 Å². The van der Waals surface area contributed by atoms with E-state index in [9.17, 15) is 4.79 Å². The molecule has 1 N–H and O–H groups in total. The first-order valence-electron chi connectivity index (χ1n) is 5.28. The van der Waals surface area contributed by atoms with E-state index in [2.05, 4.69) is 21.2 Å². The van der Waals surface area contributed by atoms with Crippen LogP contribution in [0.15, 0.2) is 0 Å². The van der Waals surface area contributed by atoms with Crippen LogP contribution in [0.2, 0.25) is 0 Å². The van der Waals surface area contributed by atoms with Crippen molar-refractivity contribution in [3.05, 3.63) is 0 Å². The van der Waals surface area contributed by atoms with Crippen molar-refractivity contribution in [1.29, 1.82) is 0 Å². The van der Waals surface area contributed by atoms with Crippen molar-refractivity contribution >= 4 is 21.8 Å². The zero-order valence-electron chi connectivity index (χ0n) is 9.67. The number of halogens is 1. The number of nitrogens with one attached hydrogen (secondary N) is 1. The average molecular weight is 298 g/mol. The Morgan fingerprint density at radius 3 is 2.69 bits per heavy atom. The van der Waals surface area contributed by atoms with Crippen LogP contribution in [0, 0.1) is 0 Å². The van der Waals surface area contributed by atoms with Crippen LogP contribution in [0.25, 0.3) is 0 Å². The fraction of sp³-hybridized carbons (Fsp3) is 0.900. The van der Waals surface area contributed by atoms with Crippen LogP contribution in [-0.4, -0.2) is 57.9 Å². The average Bonchev–Trinajstić information content (AvgIpc) is 2.29. The number of hydrogen-bond acceptors (Lipinski definition) is 4. The second-order valence-electron chi connectivity index (χ2n) is 3.05. The number of carbonyl (C=O) groups excluding carboxylic acids is 1. The summed E-state index contributed by atoms with van der Waals surface area (Å²) in [5.74, 6) is -0.100. The van der Waals surface area contributed by atoms with E-state index in [1.165, 1.54) is 0 Å². The normalized spacial score (nSPS) is 10.4. The fourth-order valence-electron chi connectivity index (χ4n) is 0.917. The highest BCUT2D eigenvalue weighted by Gasteiger charge is 1.99. The first kappa shape index (κ1) is 15.8. The molecule has 0 aliphatic rings. The van der Waals surface area contributed by atoms with E-state index >= 15 is 0 Å². The number of methoxy groups -OCH3 is 1. The number of ether oxygens (including phenoxy) is 3. The van der Waals surface area contributed by atoms with Gasteiger partial charge in [0.05, 0.1) is 19.8 Å². The molecule has 0 rings (SSSR count). The molecule has 6 heteroatoms. The van der Waals surface area contributed by atoms with Crippen LogP contribution in [0.1, 0.15) is 6.42 Å². The van der Waals surface area contributed by atoms with E-state index in [0.29, 0.717) is 33.0 Å². The zero-order chi connectivity index (χ0) is 12.1. The van der Waals surface area contributed by atoms with Crippen LogP contribution in [0.3, 0.4) is 0 Å². The lowest BCUT2D eigenvalue weighted by molar-refractivity contribution is -0.126. The summed E-state index contributed by atoms with van der Waals surface area (Å²) < 4.78 is 15.1. The summed E-state index contributed by atoms with van der Waals surface area (Å²) in [4.78, 5) is 11.2. The molecule has 0 bridgehead atoms. The number of amides is 1. The van der Waals surface area contributed by atoms with E-state index in [1.807, 2.05) is 0 Å². The van der Waals surface area contributed by atoms with E-state index in [-0.39, 0.29) is 12.5 Å². The molecule has 0 heterocycles. The van der Waals surface area contributed by atoms with Crippen molar-refractivity contribution in [2.45, 2.75) is 6.42 Å². The second-order valence-corrected chi connectivity index (χ2v) is 3.84. The molecule has 5 nitrogen and oxygen atoms in total. The molecule has 0 aliphatic carbocycles. The molecule has 0 saturated carbocycles. The maximum absolute atomic E-state index is 11.2.